The third kappa shape index (κ3) is 3.13. The summed E-state index contributed by atoms with van der Waals surface area (Å²) in [5.74, 6) is -1.11. The number of hydrogen-bond donors (Lipinski definition) is 2. The standard InChI is InChI=1S/C12H21NO5/c1-11(2,3)18-10(17)13-6-5-8(14)12(4,7-13)9(15)16/h8,14H,5-7H2,1-4H3,(H,15,16)/t8?,12-/m1/s1. The van der Waals surface area contributed by atoms with Gasteiger partial charge in [-0.2, -0.15) is 0 Å². The molecule has 1 aliphatic heterocycles. The van der Waals surface area contributed by atoms with Crippen LogP contribution in [0.3, 0.4) is 0 Å². The lowest BCUT2D eigenvalue weighted by molar-refractivity contribution is -0.160. The fourth-order valence-electron chi connectivity index (χ4n) is 1.87. The zero-order valence-corrected chi connectivity index (χ0v) is 11.3. The van der Waals surface area contributed by atoms with Gasteiger partial charge in [-0.3, -0.25) is 4.79 Å². The summed E-state index contributed by atoms with van der Waals surface area (Å²) < 4.78 is 5.20. The summed E-state index contributed by atoms with van der Waals surface area (Å²) >= 11 is 0. The number of carboxylic acid groups (broad SMARTS) is 1. The third-order valence-electron chi connectivity index (χ3n) is 3.07. The van der Waals surface area contributed by atoms with E-state index in [0.717, 1.165) is 0 Å². The predicted octanol–water partition coefficient (Wildman–Crippen LogP) is 1.08. The van der Waals surface area contributed by atoms with Gasteiger partial charge in [-0.1, -0.05) is 0 Å². The Bertz CT molecular complexity index is 349. The molecule has 6 nitrogen and oxygen atoms in total. The van der Waals surface area contributed by atoms with E-state index in [1.807, 2.05) is 0 Å². The molecule has 0 aromatic carbocycles. The van der Waals surface area contributed by atoms with Crippen molar-refractivity contribution >= 4 is 12.1 Å². The molecule has 1 fully saturated rings. The lowest BCUT2D eigenvalue weighted by Crippen LogP contribution is -2.56. The van der Waals surface area contributed by atoms with Gasteiger partial charge in [0, 0.05) is 13.1 Å². The van der Waals surface area contributed by atoms with Crippen molar-refractivity contribution in [3.63, 3.8) is 0 Å². The minimum Gasteiger partial charge on any atom is -0.481 e. The summed E-state index contributed by atoms with van der Waals surface area (Å²) in [5, 5.41) is 18.9. The van der Waals surface area contributed by atoms with Gasteiger partial charge in [0.1, 0.15) is 11.0 Å². The van der Waals surface area contributed by atoms with Gasteiger partial charge in [-0.25, -0.2) is 4.79 Å². The number of aliphatic carboxylic acids is 1. The maximum absolute atomic E-state index is 11.9. The van der Waals surface area contributed by atoms with Gasteiger partial charge in [0.15, 0.2) is 0 Å². The van der Waals surface area contributed by atoms with E-state index in [-0.39, 0.29) is 13.0 Å². The molecule has 0 aromatic heterocycles. The van der Waals surface area contributed by atoms with Crippen molar-refractivity contribution in [1.82, 2.24) is 4.90 Å². The summed E-state index contributed by atoms with van der Waals surface area (Å²) in [6.07, 6.45) is -1.25. The van der Waals surface area contributed by atoms with Crippen LogP contribution in [0.15, 0.2) is 0 Å². The highest BCUT2D eigenvalue weighted by Crippen LogP contribution is 2.31. The molecule has 0 saturated carbocycles. The van der Waals surface area contributed by atoms with E-state index in [4.69, 9.17) is 9.84 Å². The van der Waals surface area contributed by atoms with Gasteiger partial charge < -0.3 is 19.8 Å². The molecule has 0 aliphatic carbocycles. The lowest BCUT2D eigenvalue weighted by Gasteiger charge is -2.41. The second-order valence-corrected chi connectivity index (χ2v) is 5.93. The normalized spacial score (nSPS) is 28.9. The Labute approximate surface area is 107 Å². The van der Waals surface area contributed by atoms with E-state index >= 15 is 0 Å². The number of carboxylic acids is 1. The molecule has 1 unspecified atom stereocenters. The lowest BCUT2D eigenvalue weighted by atomic mass is 9.79. The second-order valence-electron chi connectivity index (χ2n) is 5.93. The minimum atomic E-state index is -1.34. The Kier molecular flexibility index (Phi) is 3.90. The van der Waals surface area contributed by atoms with Crippen molar-refractivity contribution in [3.8, 4) is 0 Å². The van der Waals surface area contributed by atoms with E-state index in [0.29, 0.717) is 6.54 Å². The van der Waals surface area contributed by atoms with Crippen molar-refractivity contribution < 1.29 is 24.5 Å². The van der Waals surface area contributed by atoms with Crippen LogP contribution in [0.5, 0.6) is 0 Å². The highest BCUT2D eigenvalue weighted by Gasteiger charge is 2.47. The van der Waals surface area contributed by atoms with Crippen LogP contribution in [-0.4, -0.2) is 52.0 Å². The van der Waals surface area contributed by atoms with Crippen molar-refractivity contribution in [1.29, 1.82) is 0 Å². The molecule has 1 heterocycles. The molecule has 1 amide bonds. The second kappa shape index (κ2) is 4.76. The number of rotatable bonds is 1. The van der Waals surface area contributed by atoms with Gasteiger partial charge in [-0.15, -0.1) is 0 Å². The number of nitrogens with zero attached hydrogens (tertiary/aromatic N) is 1. The Balaban J connectivity index is 2.77. The van der Waals surface area contributed by atoms with Crippen molar-refractivity contribution in [2.75, 3.05) is 13.1 Å². The van der Waals surface area contributed by atoms with Gasteiger partial charge in [0.25, 0.3) is 0 Å². The molecular formula is C12H21NO5. The van der Waals surface area contributed by atoms with E-state index in [1.165, 1.54) is 11.8 Å². The molecule has 0 spiro atoms. The first-order valence-electron chi connectivity index (χ1n) is 5.95. The fourth-order valence-corrected chi connectivity index (χ4v) is 1.87. The summed E-state index contributed by atoms with van der Waals surface area (Å²) in [6, 6.07) is 0. The maximum Gasteiger partial charge on any atom is 0.410 e. The summed E-state index contributed by atoms with van der Waals surface area (Å²) in [5.41, 5.74) is -1.96. The molecule has 0 bridgehead atoms. The number of likely N-dealkylation sites (tertiary alicyclic amines) is 1. The topological polar surface area (TPSA) is 87.1 Å². The Morgan fingerprint density at radius 1 is 1.39 bits per heavy atom. The van der Waals surface area contributed by atoms with Crippen molar-refractivity contribution in [3.05, 3.63) is 0 Å². The smallest absolute Gasteiger partial charge is 0.410 e. The molecule has 0 radical (unpaired) electrons. The number of amides is 1. The first kappa shape index (κ1) is 14.8. The zero-order chi connectivity index (χ0) is 14.1. The molecule has 18 heavy (non-hydrogen) atoms. The van der Waals surface area contributed by atoms with E-state index in [9.17, 15) is 14.7 Å². The van der Waals surface area contributed by atoms with Crippen LogP contribution in [-0.2, 0) is 9.53 Å². The van der Waals surface area contributed by atoms with Crippen LogP contribution in [0.4, 0.5) is 4.79 Å². The van der Waals surface area contributed by atoms with E-state index in [2.05, 4.69) is 0 Å². The molecule has 1 saturated heterocycles. The predicted molar refractivity (Wildman–Crippen MR) is 64.2 cm³/mol. The van der Waals surface area contributed by atoms with Crippen LogP contribution >= 0.6 is 0 Å². The van der Waals surface area contributed by atoms with Crippen LogP contribution < -0.4 is 0 Å². The number of carbonyl (C=O) groups is 2. The number of carbonyl (C=O) groups excluding carboxylic acids is 1. The van der Waals surface area contributed by atoms with Crippen LogP contribution in [0.2, 0.25) is 0 Å². The number of aliphatic hydroxyl groups excluding tert-OH is 1. The van der Waals surface area contributed by atoms with Crippen LogP contribution in [0.25, 0.3) is 0 Å². The summed E-state index contributed by atoms with van der Waals surface area (Å²) in [4.78, 5) is 24.4. The number of ether oxygens (including phenoxy) is 1. The van der Waals surface area contributed by atoms with Crippen molar-refractivity contribution in [2.24, 2.45) is 5.41 Å². The zero-order valence-electron chi connectivity index (χ0n) is 11.3. The number of hydrogen-bond acceptors (Lipinski definition) is 4. The first-order valence-corrected chi connectivity index (χ1v) is 5.95. The van der Waals surface area contributed by atoms with Gasteiger partial charge in [0.2, 0.25) is 0 Å². The maximum atomic E-state index is 11.9. The summed E-state index contributed by atoms with van der Waals surface area (Å²) in [7, 11) is 0. The molecule has 2 atom stereocenters. The van der Waals surface area contributed by atoms with Crippen LogP contribution in [0.1, 0.15) is 34.1 Å². The Hall–Kier alpha value is -1.30. The number of aliphatic hydroxyl groups is 1. The molecule has 0 aromatic rings. The number of piperidine rings is 1. The van der Waals surface area contributed by atoms with Gasteiger partial charge in [0.05, 0.1) is 6.10 Å². The van der Waals surface area contributed by atoms with Crippen molar-refractivity contribution in [2.45, 2.75) is 45.8 Å². The highest BCUT2D eigenvalue weighted by molar-refractivity contribution is 5.77. The SMILES string of the molecule is CC(C)(C)OC(=O)N1CCC(O)[C@](C)(C(=O)O)C1. The monoisotopic (exact) mass is 259 g/mol. The Morgan fingerprint density at radius 3 is 2.39 bits per heavy atom. The van der Waals surface area contributed by atoms with E-state index < -0.39 is 29.2 Å². The quantitative estimate of drug-likeness (QED) is 0.735. The van der Waals surface area contributed by atoms with Gasteiger partial charge in [-0.05, 0) is 34.1 Å². The molecule has 1 rings (SSSR count). The average Bonchev–Trinajstić information content (AvgIpc) is 2.19. The highest BCUT2D eigenvalue weighted by atomic mass is 16.6. The molecule has 6 heteroatoms. The third-order valence-corrected chi connectivity index (χ3v) is 3.07. The molecule has 2 N–H and O–H groups in total. The Morgan fingerprint density at radius 2 is 1.94 bits per heavy atom. The molecule has 104 valence electrons. The first-order chi connectivity index (χ1) is 8.06. The molecular weight excluding hydrogens is 238 g/mol. The van der Waals surface area contributed by atoms with Crippen LogP contribution in [0, 0.1) is 5.41 Å². The molecule has 1 aliphatic rings. The average molecular weight is 259 g/mol. The summed E-state index contributed by atoms with van der Waals surface area (Å²) in [6.45, 7) is 6.95. The van der Waals surface area contributed by atoms with E-state index in [1.54, 1.807) is 20.8 Å². The van der Waals surface area contributed by atoms with Gasteiger partial charge >= 0.3 is 12.1 Å². The fraction of sp³-hybridized carbons (Fsp3) is 0.833. The minimum absolute atomic E-state index is 0.0432. The largest absolute Gasteiger partial charge is 0.481 e.